The molecule has 0 bridgehead atoms. The Bertz CT molecular complexity index is 1240. The fourth-order valence-corrected chi connectivity index (χ4v) is 4.81. The molecule has 35 heavy (non-hydrogen) atoms. The Balaban J connectivity index is 1.25. The minimum absolute atomic E-state index is 0.0973. The number of aliphatic carboxylic acids is 1. The Hall–Kier alpha value is -4.14. The predicted octanol–water partition coefficient (Wildman–Crippen LogP) is 2.84. The number of benzene rings is 2. The van der Waals surface area contributed by atoms with E-state index < -0.39 is 29.9 Å². The van der Waals surface area contributed by atoms with E-state index in [1.807, 2.05) is 36.4 Å². The zero-order chi connectivity index (χ0) is 24.5. The number of nitrogens with zero attached hydrogens (tertiary/aromatic N) is 2. The van der Waals surface area contributed by atoms with Crippen LogP contribution in [0.2, 0.25) is 0 Å². The van der Waals surface area contributed by atoms with Gasteiger partial charge in [0.15, 0.2) is 6.04 Å². The number of aromatic nitrogens is 2. The van der Waals surface area contributed by atoms with Crippen molar-refractivity contribution in [2.75, 3.05) is 13.2 Å². The molecule has 0 spiro atoms. The minimum atomic E-state index is -1.03. The molecule has 9 heteroatoms. The van der Waals surface area contributed by atoms with E-state index in [1.165, 1.54) is 10.9 Å². The number of rotatable bonds is 8. The fourth-order valence-electron chi connectivity index (χ4n) is 4.81. The summed E-state index contributed by atoms with van der Waals surface area (Å²) >= 11 is 0. The zero-order valence-electron chi connectivity index (χ0n) is 19.2. The van der Waals surface area contributed by atoms with Crippen LogP contribution in [0.15, 0.2) is 60.8 Å². The van der Waals surface area contributed by atoms with Crippen molar-refractivity contribution in [3.63, 3.8) is 0 Å². The summed E-state index contributed by atoms with van der Waals surface area (Å²) in [5.41, 5.74) is 4.94. The lowest BCUT2D eigenvalue weighted by Crippen LogP contribution is -2.42. The van der Waals surface area contributed by atoms with Gasteiger partial charge in [-0.25, -0.2) is 4.79 Å². The number of alkyl carbamates (subject to hydrolysis) is 1. The lowest BCUT2D eigenvalue weighted by molar-refractivity contribution is -0.139. The van der Waals surface area contributed by atoms with Crippen molar-refractivity contribution in [2.24, 2.45) is 18.9 Å². The highest BCUT2D eigenvalue weighted by Crippen LogP contribution is 2.44. The summed E-state index contributed by atoms with van der Waals surface area (Å²) in [7, 11) is 1.68. The number of carboxylic acids is 1. The van der Waals surface area contributed by atoms with E-state index >= 15 is 0 Å². The molecular formula is C26H26N4O5. The second-order valence-electron chi connectivity index (χ2n) is 8.97. The number of carboxylic acid groups (broad SMARTS) is 1. The first-order valence-corrected chi connectivity index (χ1v) is 11.5. The van der Waals surface area contributed by atoms with Crippen molar-refractivity contribution in [3.8, 4) is 11.1 Å². The van der Waals surface area contributed by atoms with E-state index in [2.05, 4.69) is 27.9 Å². The van der Waals surface area contributed by atoms with Crippen LogP contribution in [0, 0.1) is 11.8 Å². The van der Waals surface area contributed by atoms with Gasteiger partial charge in [0.05, 0.1) is 11.6 Å². The van der Waals surface area contributed by atoms with Crippen molar-refractivity contribution >= 4 is 18.0 Å². The molecule has 1 aromatic heterocycles. The van der Waals surface area contributed by atoms with Crippen LogP contribution in [-0.2, 0) is 21.4 Å². The third kappa shape index (κ3) is 4.49. The number of amides is 2. The standard InChI is InChI=1S/C26H26N4O5/c1-30-22(10-11-28-30)23(24(31)27-13-15-12-20(15)25(32)33)29-26(34)35-14-21-18-8-4-2-6-16(18)17-7-3-5-9-19(17)21/h2-11,15,20-21,23H,12-14H2,1H3,(H,27,31)(H,29,34)(H,32,33)/t15-,20-,23?/m0/s1. The topological polar surface area (TPSA) is 123 Å². The molecule has 2 aliphatic carbocycles. The lowest BCUT2D eigenvalue weighted by atomic mass is 9.98. The van der Waals surface area contributed by atoms with E-state index in [0.29, 0.717) is 12.1 Å². The first-order valence-electron chi connectivity index (χ1n) is 11.5. The molecule has 3 atom stereocenters. The summed E-state index contributed by atoms with van der Waals surface area (Å²) < 4.78 is 7.11. The number of fused-ring (bicyclic) bond motifs is 3. The Morgan fingerprint density at radius 1 is 1.09 bits per heavy atom. The van der Waals surface area contributed by atoms with Crippen LogP contribution in [0.3, 0.4) is 0 Å². The van der Waals surface area contributed by atoms with Crippen molar-refractivity contribution in [2.45, 2.75) is 18.4 Å². The van der Waals surface area contributed by atoms with E-state index in [1.54, 1.807) is 13.1 Å². The summed E-state index contributed by atoms with van der Waals surface area (Å²) in [4.78, 5) is 36.8. The number of carbonyl (C=O) groups excluding carboxylic acids is 2. The molecule has 1 fully saturated rings. The zero-order valence-corrected chi connectivity index (χ0v) is 19.2. The summed E-state index contributed by atoms with van der Waals surface area (Å²) in [6.45, 7) is 0.360. The maximum atomic E-state index is 13.0. The number of ether oxygens (including phenoxy) is 1. The molecule has 180 valence electrons. The quantitative estimate of drug-likeness (QED) is 0.461. The first kappa shape index (κ1) is 22.6. The van der Waals surface area contributed by atoms with Crippen LogP contribution in [-0.4, -0.2) is 46.0 Å². The number of carbonyl (C=O) groups is 3. The van der Waals surface area contributed by atoms with Gasteiger partial charge < -0.3 is 20.5 Å². The van der Waals surface area contributed by atoms with Crippen LogP contribution in [0.5, 0.6) is 0 Å². The van der Waals surface area contributed by atoms with Gasteiger partial charge in [-0.3, -0.25) is 14.3 Å². The Morgan fingerprint density at radius 3 is 2.31 bits per heavy atom. The number of nitrogens with one attached hydrogen (secondary N) is 2. The van der Waals surface area contributed by atoms with Gasteiger partial charge in [0.1, 0.15) is 6.61 Å². The molecule has 1 unspecified atom stereocenters. The Kier molecular flexibility index (Phi) is 5.98. The second-order valence-corrected chi connectivity index (χ2v) is 8.97. The fraction of sp³-hybridized carbons (Fsp3) is 0.308. The number of hydrogen-bond donors (Lipinski definition) is 3. The molecule has 2 amide bonds. The summed E-state index contributed by atoms with van der Waals surface area (Å²) in [6.07, 6.45) is 1.35. The Morgan fingerprint density at radius 2 is 1.74 bits per heavy atom. The van der Waals surface area contributed by atoms with Crippen LogP contribution < -0.4 is 10.6 Å². The molecule has 5 rings (SSSR count). The van der Waals surface area contributed by atoms with Crippen molar-refractivity contribution in [1.29, 1.82) is 0 Å². The van der Waals surface area contributed by atoms with Gasteiger partial charge in [-0.2, -0.15) is 5.10 Å². The monoisotopic (exact) mass is 474 g/mol. The summed E-state index contributed by atoms with van der Waals surface area (Å²) in [6, 6.07) is 16.7. The van der Waals surface area contributed by atoms with Gasteiger partial charge in [0.2, 0.25) is 5.91 Å². The Labute approximate surface area is 202 Å². The normalized spacial score (nSPS) is 18.8. The molecule has 2 aliphatic rings. The SMILES string of the molecule is Cn1nccc1C(NC(=O)OCC1c2ccccc2-c2ccccc21)C(=O)NC[C@@H]1C[C@@H]1C(=O)O. The van der Waals surface area contributed by atoms with Crippen LogP contribution >= 0.6 is 0 Å². The maximum Gasteiger partial charge on any atom is 0.408 e. The first-order chi connectivity index (χ1) is 16.9. The van der Waals surface area contributed by atoms with Crippen molar-refractivity contribution in [3.05, 3.63) is 77.6 Å². The van der Waals surface area contributed by atoms with Crippen molar-refractivity contribution < 1.29 is 24.2 Å². The average Bonchev–Trinajstić information content (AvgIpc) is 3.42. The van der Waals surface area contributed by atoms with Gasteiger partial charge in [-0.15, -0.1) is 0 Å². The van der Waals surface area contributed by atoms with Gasteiger partial charge in [-0.1, -0.05) is 48.5 Å². The highest BCUT2D eigenvalue weighted by Gasteiger charge is 2.43. The number of hydrogen-bond acceptors (Lipinski definition) is 5. The molecule has 0 radical (unpaired) electrons. The van der Waals surface area contributed by atoms with Gasteiger partial charge in [-0.05, 0) is 40.7 Å². The van der Waals surface area contributed by atoms with Crippen molar-refractivity contribution in [1.82, 2.24) is 20.4 Å². The van der Waals surface area contributed by atoms with Crippen LogP contribution in [0.25, 0.3) is 11.1 Å². The molecule has 3 aromatic rings. The van der Waals surface area contributed by atoms with Gasteiger partial charge >= 0.3 is 12.1 Å². The second kappa shape index (κ2) is 9.25. The van der Waals surface area contributed by atoms with Crippen LogP contribution in [0.4, 0.5) is 4.79 Å². The largest absolute Gasteiger partial charge is 0.481 e. The van der Waals surface area contributed by atoms with Crippen LogP contribution in [0.1, 0.15) is 35.2 Å². The van der Waals surface area contributed by atoms with E-state index in [0.717, 1.165) is 22.3 Å². The molecule has 9 nitrogen and oxygen atoms in total. The lowest BCUT2D eigenvalue weighted by Gasteiger charge is -2.20. The summed E-state index contributed by atoms with van der Waals surface area (Å²) in [5.74, 6) is -1.93. The van der Waals surface area contributed by atoms with Gasteiger partial charge in [0, 0.05) is 25.7 Å². The highest BCUT2D eigenvalue weighted by atomic mass is 16.5. The summed E-state index contributed by atoms with van der Waals surface area (Å²) in [5, 5.41) is 18.6. The van der Waals surface area contributed by atoms with Gasteiger partial charge in [0.25, 0.3) is 0 Å². The average molecular weight is 475 g/mol. The minimum Gasteiger partial charge on any atom is -0.481 e. The smallest absolute Gasteiger partial charge is 0.408 e. The number of aryl methyl sites for hydroxylation is 1. The predicted molar refractivity (Wildman–Crippen MR) is 126 cm³/mol. The molecule has 1 saturated carbocycles. The maximum absolute atomic E-state index is 13.0. The molecule has 3 N–H and O–H groups in total. The third-order valence-corrected chi connectivity index (χ3v) is 6.80. The molecule has 2 aromatic carbocycles. The highest BCUT2D eigenvalue weighted by molar-refractivity contribution is 5.87. The third-order valence-electron chi connectivity index (χ3n) is 6.80. The molecule has 0 saturated heterocycles. The molecule has 1 heterocycles. The van der Waals surface area contributed by atoms with E-state index in [4.69, 9.17) is 9.84 Å². The van der Waals surface area contributed by atoms with E-state index in [9.17, 15) is 14.4 Å². The molecule has 0 aliphatic heterocycles. The molecular weight excluding hydrogens is 448 g/mol. The van der Waals surface area contributed by atoms with E-state index in [-0.39, 0.29) is 25.0 Å².